The lowest BCUT2D eigenvalue weighted by molar-refractivity contribution is 0.0997. The number of carbonyl (C=O) groups is 2. The average molecular weight is 449 g/mol. The minimum Gasteiger partial charge on any atom is -0.451 e. The van der Waals surface area contributed by atoms with Crippen molar-refractivity contribution in [2.75, 3.05) is 5.32 Å². The first-order chi connectivity index (χ1) is 13.8. The van der Waals surface area contributed by atoms with Crippen LogP contribution in [-0.4, -0.2) is 11.8 Å². The molecule has 0 bridgehead atoms. The second kappa shape index (κ2) is 7.86. The molecule has 5 nitrogen and oxygen atoms in total. The van der Waals surface area contributed by atoms with Crippen molar-refractivity contribution in [1.82, 2.24) is 0 Å². The molecule has 8 heteroatoms. The summed E-state index contributed by atoms with van der Waals surface area (Å²) in [5, 5.41) is 4.02. The summed E-state index contributed by atoms with van der Waals surface area (Å²) in [4.78, 5) is 25.9. The maximum Gasteiger partial charge on any atom is 0.292 e. The van der Waals surface area contributed by atoms with Crippen LogP contribution in [0.2, 0.25) is 10.0 Å². The standard InChI is InChI=1S/C21H18Cl2N2O3S/c1-10-5-6-12-16(9-10)29-21(17(12)19(24)26)25-20(27)15-8-7-14(28-15)11-3-2-4-13(22)18(11)23/h2-4,7-8,10H,5-6,9H2,1H3,(H2,24,26)(H,25,27)/t10-/m1/s1. The van der Waals surface area contributed by atoms with Crippen LogP contribution in [0.25, 0.3) is 11.3 Å². The zero-order valence-corrected chi connectivity index (χ0v) is 17.9. The fourth-order valence-corrected chi connectivity index (χ4v) is 5.37. The number of benzene rings is 1. The molecule has 0 saturated heterocycles. The molecule has 3 aromatic rings. The van der Waals surface area contributed by atoms with Gasteiger partial charge in [-0.05, 0) is 55.0 Å². The molecule has 2 heterocycles. The number of rotatable bonds is 4. The molecule has 1 aliphatic carbocycles. The normalized spacial score (nSPS) is 15.8. The number of halogens is 2. The predicted octanol–water partition coefficient (Wildman–Crippen LogP) is 5.79. The predicted molar refractivity (Wildman–Crippen MR) is 116 cm³/mol. The van der Waals surface area contributed by atoms with Crippen molar-refractivity contribution in [2.45, 2.75) is 26.2 Å². The van der Waals surface area contributed by atoms with Gasteiger partial charge < -0.3 is 15.5 Å². The van der Waals surface area contributed by atoms with E-state index in [4.69, 9.17) is 33.4 Å². The minimum atomic E-state index is -0.529. The van der Waals surface area contributed by atoms with Gasteiger partial charge in [0.1, 0.15) is 10.8 Å². The summed E-state index contributed by atoms with van der Waals surface area (Å²) in [6.45, 7) is 2.18. The number of anilines is 1. The zero-order valence-electron chi connectivity index (χ0n) is 15.6. The van der Waals surface area contributed by atoms with E-state index in [-0.39, 0.29) is 5.76 Å². The number of carbonyl (C=O) groups excluding carboxylic acids is 2. The largest absolute Gasteiger partial charge is 0.451 e. The molecule has 0 spiro atoms. The number of thiophene rings is 1. The first-order valence-electron chi connectivity index (χ1n) is 9.15. The van der Waals surface area contributed by atoms with Gasteiger partial charge in [-0.1, -0.05) is 36.2 Å². The molecule has 0 fully saturated rings. The third-order valence-electron chi connectivity index (χ3n) is 5.03. The topological polar surface area (TPSA) is 85.3 Å². The van der Waals surface area contributed by atoms with Crippen molar-refractivity contribution in [2.24, 2.45) is 11.7 Å². The highest BCUT2D eigenvalue weighted by Gasteiger charge is 2.28. The Labute approximate surface area is 181 Å². The van der Waals surface area contributed by atoms with Gasteiger partial charge in [-0.3, -0.25) is 9.59 Å². The van der Waals surface area contributed by atoms with E-state index in [0.717, 1.165) is 29.7 Å². The van der Waals surface area contributed by atoms with E-state index in [1.807, 2.05) is 0 Å². The fraction of sp³-hybridized carbons (Fsp3) is 0.238. The highest BCUT2D eigenvalue weighted by molar-refractivity contribution is 7.17. The van der Waals surface area contributed by atoms with Crippen molar-refractivity contribution in [3.05, 3.63) is 62.1 Å². The number of hydrogen-bond acceptors (Lipinski definition) is 4. The van der Waals surface area contributed by atoms with E-state index in [9.17, 15) is 9.59 Å². The van der Waals surface area contributed by atoms with E-state index < -0.39 is 11.8 Å². The van der Waals surface area contributed by atoms with Crippen LogP contribution in [0.15, 0.2) is 34.7 Å². The van der Waals surface area contributed by atoms with Gasteiger partial charge >= 0.3 is 0 Å². The Hall–Kier alpha value is -2.28. The molecule has 2 amide bonds. The summed E-state index contributed by atoms with van der Waals surface area (Å²) < 4.78 is 5.69. The van der Waals surface area contributed by atoms with Gasteiger partial charge in [-0.15, -0.1) is 11.3 Å². The summed E-state index contributed by atoms with van der Waals surface area (Å²) in [6, 6.07) is 8.40. The maximum absolute atomic E-state index is 12.8. The van der Waals surface area contributed by atoms with Crippen molar-refractivity contribution in [3.8, 4) is 11.3 Å². The van der Waals surface area contributed by atoms with Crippen LogP contribution in [0, 0.1) is 5.92 Å². The molecule has 3 N–H and O–H groups in total. The Balaban J connectivity index is 1.62. The van der Waals surface area contributed by atoms with Gasteiger partial charge in [0.2, 0.25) is 0 Å². The van der Waals surface area contributed by atoms with Crippen LogP contribution in [0.1, 0.15) is 44.7 Å². The number of fused-ring (bicyclic) bond motifs is 1. The van der Waals surface area contributed by atoms with E-state index in [0.29, 0.717) is 37.9 Å². The number of primary amides is 1. The molecular weight excluding hydrogens is 431 g/mol. The van der Waals surface area contributed by atoms with Crippen LogP contribution in [0.5, 0.6) is 0 Å². The smallest absolute Gasteiger partial charge is 0.292 e. The second-order valence-electron chi connectivity index (χ2n) is 7.14. The number of hydrogen-bond donors (Lipinski definition) is 2. The third-order valence-corrected chi connectivity index (χ3v) is 7.02. The molecule has 1 aromatic carbocycles. The molecule has 29 heavy (non-hydrogen) atoms. The Kier molecular flexibility index (Phi) is 5.42. The molecule has 2 aromatic heterocycles. The Morgan fingerprint density at radius 3 is 2.79 bits per heavy atom. The monoisotopic (exact) mass is 448 g/mol. The van der Waals surface area contributed by atoms with Crippen molar-refractivity contribution >= 4 is 51.4 Å². The van der Waals surface area contributed by atoms with Crippen LogP contribution in [0.3, 0.4) is 0 Å². The van der Waals surface area contributed by atoms with E-state index in [2.05, 4.69) is 12.2 Å². The maximum atomic E-state index is 12.8. The number of amides is 2. The van der Waals surface area contributed by atoms with E-state index >= 15 is 0 Å². The van der Waals surface area contributed by atoms with Crippen LogP contribution < -0.4 is 11.1 Å². The lowest BCUT2D eigenvalue weighted by atomic mass is 9.88. The number of nitrogens with one attached hydrogen (secondary N) is 1. The lowest BCUT2D eigenvalue weighted by Gasteiger charge is -2.18. The molecule has 0 saturated carbocycles. The van der Waals surface area contributed by atoms with Crippen LogP contribution in [0.4, 0.5) is 5.00 Å². The van der Waals surface area contributed by atoms with Gasteiger partial charge in [0.15, 0.2) is 5.76 Å². The molecule has 1 atom stereocenters. The van der Waals surface area contributed by atoms with Crippen molar-refractivity contribution in [3.63, 3.8) is 0 Å². The molecular formula is C21H18Cl2N2O3S. The van der Waals surface area contributed by atoms with Crippen molar-refractivity contribution in [1.29, 1.82) is 0 Å². The summed E-state index contributed by atoms with van der Waals surface area (Å²) in [5.74, 6) is 0.0884. The summed E-state index contributed by atoms with van der Waals surface area (Å²) in [5.41, 5.74) is 7.57. The van der Waals surface area contributed by atoms with Gasteiger partial charge in [0, 0.05) is 10.4 Å². The molecule has 150 valence electrons. The zero-order chi connectivity index (χ0) is 20.7. The first kappa shape index (κ1) is 20.0. The average Bonchev–Trinajstić information content (AvgIpc) is 3.28. The minimum absolute atomic E-state index is 0.103. The van der Waals surface area contributed by atoms with Gasteiger partial charge in [0.05, 0.1) is 15.6 Å². The summed E-state index contributed by atoms with van der Waals surface area (Å²) in [6.07, 6.45) is 2.67. The molecule has 1 aliphatic rings. The van der Waals surface area contributed by atoms with E-state index in [1.165, 1.54) is 11.3 Å². The molecule has 0 aliphatic heterocycles. The van der Waals surface area contributed by atoms with Crippen molar-refractivity contribution < 1.29 is 14.0 Å². The Bertz CT molecular complexity index is 1120. The fourth-order valence-electron chi connectivity index (χ4n) is 3.56. The lowest BCUT2D eigenvalue weighted by Crippen LogP contribution is -2.19. The highest BCUT2D eigenvalue weighted by atomic mass is 35.5. The Morgan fingerprint density at radius 1 is 1.24 bits per heavy atom. The highest BCUT2D eigenvalue weighted by Crippen LogP contribution is 2.40. The second-order valence-corrected chi connectivity index (χ2v) is 9.03. The third kappa shape index (κ3) is 3.80. The SMILES string of the molecule is C[C@@H]1CCc2c(sc(NC(=O)c3ccc(-c4cccc(Cl)c4Cl)o3)c2C(N)=O)C1. The van der Waals surface area contributed by atoms with E-state index in [1.54, 1.807) is 30.3 Å². The van der Waals surface area contributed by atoms with Crippen LogP contribution in [-0.2, 0) is 12.8 Å². The number of furan rings is 1. The Morgan fingerprint density at radius 2 is 2.03 bits per heavy atom. The van der Waals surface area contributed by atoms with Gasteiger partial charge in [0.25, 0.3) is 11.8 Å². The molecule has 0 radical (unpaired) electrons. The van der Waals surface area contributed by atoms with Gasteiger partial charge in [-0.25, -0.2) is 0 Å². The van der Waals surface area contributed by atoms with Gasteiger partial charge in [-0.2, -0.15) is 0 Å². The summed E-state index contributed by atoms with van der Waals surface area (Å²) in [7, 11) is 0. The number of nitrogens with two attached hydrogens (primary N) is 1. The molecule has 4 rings (SSSR count). The van der Waals surface area contributed by atoms with Crippen LogP contribution >= 0.6 is 34.5 Å². The quantitative estimate of drug-likeness (QED) is 0.529. The molecule has 0 unspecified atom stereocenters. The summed E-state index contributed by atoms with van der Waals surface area (Å²) >= 11 is 13.7. The first-order valence-corrected chi connectivity index (χ1v) is 10.7.